The summed E-state index contributed by atoms with van der Waals surface area (Å²) in [5.74, 6) is 1.27. The Morgan fingerprint density at radius 3 is 2.29 bits per heavy atom. The third-order valence-electron chi connectivity index (χ3n) is 5.72. The first-order valence-electron chi connectivity index (χ1n) is 12.5. The second-order valence-electron chi connectivity index (χ2n) is 8.29. The topological polar surface area (TPSA) is 67.9 Å². The highest BCUT2D eigenvalue weighted by molar-refractivity contribution is 5.87. The van der Waals surface area contributed by atoms with Gasteiger partial charge in [-0.25, -0.2) is 0 Å². The zero-order valence-electron chi connectivity index (χ0n) is 21.1. The number of amides is 2. The lowest BCUT2D eigenvalue weighted by atomic mass is 10.1. The average molecular weight is 469 g/mol. The Morgan fingerprint density at radius 2 is 1.62 bits per heavy atom. The summed E-state index contributed by atoms with van der Waals surface area (Å²) >= 11 is 0. The van der Waals surface area contributed by atoms with Gasteiger partial charge in [-0.1, -0.05) is 49.7 Å². The van der Waals surface area contributed by atoms with Crippen molar-refractivity contribution < 1.29 is 19.1 Å². The Labute approximate surface area is 204 Å². The van der Waals surface area contributed by atoms with Crippen molar-refractivity contribution in [2.24, 2.45) is 0 Å². The van der Waals surface area contributed by atoms with Crippen LogP contribution in [0.4, 0.5) is 0 Å². The minimum atomic E-state index is -0.521. The van der Waals surface area contributed by atoms with Crippen molar-refractivity contribution in [3.63, 3.8) is 0 Å². The van der Waals surface area contributed by atoms with E-state index in [2.05, 4.69) is 12.2 Å². The SMILES string of the molecule is CCCCNC(=O)[C@@H](C)N(CCc1ccccc1)C(=O)CCc1ccc(OCC)c(OCC)c1. The minimum Gasteiger partial charge on any atom is -0.490 e. The summed E-state index contributed by atoms with van der Waals surface area (Å²) in [6.07, 6.45) is 3.53. The second kappa shape index (κ2) is 15.0. The highest BCUT2D eigenvalue weighted by Gasteiger charge is 2.25. The number of nitrogens with one attached hydrogen (secondary N) is 1. The summed E-state index contributed by atoms with van der Waals surface area (Å²) in [5, 5.41) is 2.97. The van der Waals surface area contributed by atoms with Crippen LogP contribution in [0.15, 0.2) is 48.5 Å². The Hall–Kier alpha value is -3.02. The summed E-state index contributed by atoms with van der Waals surface area (Å²) in [4.78, 5) is 27.7. The molecule has 0 aromatic heterocycles. The van der Waals surface area contributed by atoms with E-state index in [9.17, 15) is 9.59 Å². The Kier molecular flexibility index (Phi) is 12.0. The van der Waals surface area contributed by atoms with Crippen molar-refractivity contribution in [1.82, 2.24) is 10.2 Å². The van der Waals surface area contributed by atoms with E-state index < -0.39 is 6.04 Å². The second-order valence-corrected chi connectivity index (χ2v) is 8.29. The van der Waals surface area contributed by atoms with E-state index in [1.165, 1.54) is 0 Å². The first-order valence-corrected chi connectivity index (χ1v) is 12.5. The van der Waals surface area contributed by atoms with Crippen LogP contribution in [0.1, 0.15) is 58.1 Å². The summed E-state index contributed by atoms with van der Waals surface area (Å²) in [6, 6.07) is 15.3. The van der Waals surface area contributed by atoms with E-state index in [1.807, 2.05) is 69.3 Å². The van der Waals surface area contributed by atoms with Crippen LogP contribution < -0.4 is 14.8 Å². The Balaban J connectivity index is 2.08. The van der Waals surface area contributed by atoms with Crippen LogP contribution in [0.25, 0.3) is 0 Å². The maximum atomic E-state index is 13.3. The molecule has 0 fully saturated rings. The molecule has 2 aromatic rings. The predicted molar refractivity (Wildman–Crippen MR) is 136 cm³/mol. The van der Waals surface area contributed by atoms with Crippen LogP contribution in [0, 0.1) is 0 Å². The fourth-order valence-corrected chi connectivity index (χ4v) is 3.75. The summed E-state index contributed by atoms with van der Waals surface area (Å²) < 4.78 is 11.4. The molecule has 0 saturated carbocycles. The van der Waals surface area contributed by atoms with Crippen molar-refractivity contribution in [3.05, 3.63) is 59.7 Å². The smallest absolute Gasteiger partial charge is 0.242 e. The standard InChI is InChI=1S/C28H40N2O4/c1-5-8-19-29-28(32)22(4)30(20-18-23-12-10-9-11-13-23)27(31)17-15-24-14-16-25(33-6-2)26(21-24)34-7-3/h9-14,16,21-22H,5-8,15,17-20H2,1-4H3,(H,29,32)/t22-/m1/s1. The van der Waals surface area contributed by atoms with Crippen LogP contribution >= 0.6 is 0 Å². The van der Waals surface area contributed by atoms with Crippen molar-refractivity contribution in [2.45, 2.75) is 65.8 Å². The van der Waals surface area contributed by atoms with Crippen molar-refractivity contribution in [1.29, 1.82) is 0 Å². The van der Waals surface area contributed by atoms with E-state index in [4.69, 9.17) is 9.47 Å². The molecule has 0 saturated heterocycles. The van der Waals surface area contributed by atoms with Gasteiger partial charge in [0.25, 0.3) is 0 Å². The summed E-state index contributed by atoms with van der Waals surface area (Å²) in [5.41, 5.74) is 2.15. The first-order chi connectivity index (χ1) is 16.5. The van der Waals surface area contributed by atoms with Gasteiger partial charge in [-0.15, -0.1) is 0 Å². The number of carbonyl (C=O) groups is 2. The van der Waals surface area contributed by atoms with Crippen molar-refractivity contribution >= 4 is 11.8 Å². The number of nitrogens with zero attached hydrogens (tertiary/aromatic N) is 1. The number of hydrogen-bond acceptors (Lipinski definition) is 4. The highest BCUT2D eigenvalue weighted by Crippen LogP contribution is 2.29. The molecule has 0 spiro atoms. The number of unbranched alkanes of at least 4 members (excludes halogenated alkanes) is 1. The quantitative estimate of drug-likeness (QED) is 0.382. The molecule has 2 amide bonds. The summed E-state index contributed by atoms with van der Waals surface area (Å²) in [6.45, 7) is 10.0. The number of benzene rings is 2. The van der Waals surface area contributed by atoms with Gasteiger partial charge >= 0.3 is 0 Å². The number of ether oxygens (including phenoxy) is 2. The van der Waals surface area contributed by atoms with Gasteiger partial charge in [0.1, 0.15) is 6.04 Å². The molecule has 2 aromatic carbocycles. The number of hydrogen-bond donors (Lipinski definition) is 1. The molecule has 34 heavy (non-hydrogen) atoms. The molecule has 6 nitrogen and oxygen atoms in total. The van der Waals surface area contributed by atoms with Gasteiger partial charge in [0.05, 0.1) is 13.2 Å². The molecule has 6 heteroatoms. The molecule has 0 bridgehead atoms. The molecule has 0 unspecified atom stereocenters. The Morgan fingerprint density at radius 1 is 0.912 bits per heavy atom. The molecular formula is C28H40N2O4. The van der Waals surface area contributed by atoms with E-state index in [0.29, 0.717) is 57.1 Å². The van der Waals surface area contributed by atoms with Crippen LogP contribution in [-0.4, -0.2) is 49.1 Å². The van der Waals surface area contributed by atoms with Crippen molar-refractivity contribution in [3.8, 4) is 11.5 Å². The molecule has 0 aliphatic carbocycles. The first kappa shape index (κ1) is 27.2. The van der Waals surface area contributed by atoms with Gasteiger partial charge in [-0.2, -0.15) is 0 Å². The number of rotatable bonds is 15. The molecule has 186 valence electrons. The maximum Gasteiger partial charge on any atom is 0.242 e. The van der Waals surface area contributed by atoms with Crippen LogP contribution in [0.3, 0.4) is 0 Å². The van der Waals surface area contributed by atoms with Crippen molar-refractivity contribution in [2.75, 3.05) is 26.3 Å². The third-order valence-corrected chi connectivity index (χ3v) is 5.72. The number of carbonyl (C=O) groups excluding carboxylic acids is 2. The van der Waals surface area contributed by atoms with E-state index in [-0.39, 0.29) is 11.8 Å². The van der Waals surface area contributed by atoms with Gasteiger partial charge in [-0.3, -0.25) is 9.59 Å². The van der Waals surface area contributed by atoms with E-state index in [1.54, 1.807) is 4.90 Å². The lowest BCUT2D eigenvalue weighted by Crippen LogP contribution is -2.49. The lowest BCUT2D eigenvalue weighted by Gasteiger charge is -2.29. The van der Waals surface area contributed by atoms with E-state index >= 15 is 0 Å². The molecule has 0 heterocycles. The largest absolute Gasteiger partial charge is 0.490 e. The van der Waals surface area contributed by atoms with Gasteiger partial charge in [0, 0.05) is 19.5 Å². The zero-order chi connectivity index (χ0) is 24.8. The fraction of sp³-hybridized carbons (Fsp3) is 0.500. The predicted octanol–water partition coefficient (Wildman–Crippen LogP) is 4.79. The molecule has 1 N–H and O–H groups in total. The minimum absolute atomic E-state index is 0.0269. The summed E-state index contributed by atoms with van der Waals surface area (Å²) in [7, 11) is 0. The molecule has 0 aliphatic heterocycles. The average Bonchev–Trinajstić information content (AvgIpc) is 2.85. The van der Waals surface area contributed by atoms with Crippen LogP contribution in [0.5, 0.6) is 11.5 Å². The number of aryl methyl sites for hydroxylation is 1. The highest BCUT2D eigenvalue weighted by atomic mass is 16.5. The zero-order valence-corrected chi connectivity index (χ0v) is 21.1. The van der Waals surface area contributed by atoms with Gasteiger partial charge < -0.3 is 19.7 Å². The molecule has 2 rings (SSSR count). The van der Waals surface area contributed by atoms with Gasteiger partial charge in [0.2, 0.25) is 11.8 Å². The fourth-order valence-electron chi connectivity index (χ4n) is 3.75. The van der Waals surface area contributed by atoms with Gasteiger partial charge in [0.15, 0.2) is 11.5 Å². The lowest BCUT2D eigenvalue weighted by molar-refractivity contribution is -0.139. The van der Waals surface area contributed by atoms with Crippen LogP contribution in [0.2, 0.25) is 0 Å². The third kappa shape index (κ3) is 8.73. The van der Waals surface area contributed by atoms with Gasteiger partial charge in [-0.05, 0) is 63.3 Å². The van der Waals surface area contributed by atoms with E-state index in [0.717, 1.165) is 24.0 Å². The molecule has 0 aliphatic rings. The molecule has 1 atom stereocenters. The normalized spacial score (nSPS) is 11.5. The monoisotopic (exact) mass is 468 g/mol. The van der Waals surface area contributed by atoms with Crippen LogP contribution in [-0.2, 0) is 22.4 Å². The Bertz CT molecular complexity index is 885. The molecular weight excluding hydrogens is 428 g/mol. The maximum absolute atomic E-state index is 13.3. The molecule has 0 radical (unpaired) electrons.